The SMILES string of the molecule is CCC(C)N(CC(=O)N1CCc2sccc2C1c1ccccc1)C(=O)Cc1cccs1. The van der Waals surface area contributed by atoms with Crippen LogP contribution in [0.3, 0.4) is 0 Å². The monoisotopic (exact) mass is 452 g/mol. The van der Waals surface area contributed by atoms with Gasteiger partial charge in [-0.25, -0.2) is 0 Å². The van der Waals surface area contributed by atoms with E-state index in [1.807, 2.05) is 47.5 Å². The van der Waals surface area contributed by atoms with E-state index in [0.29, 0.717) is 13.0 Å². The molecule has 1 aliphatic heterocycles. The number of rotatable bonds is 7. The number of amides is 2. The summed E-state index contributed by atoms with van der Waals surface area (Å²) in [6.07, 6.45) is 2.04. The van der Waals surface area contributed by atoms with Gasteiger partial charge < -0.3 is 9.80 Å². The number of hydrogen-bond donors (Lipinski definition) is 0. The van der Waals surface area contributed by atoms with E-state index in [1.54, 1.807) is 27.6 Å². The molecule has 2 aromatic heterocycles. The number of carbonyl (C=O) groups excluding carboxylic acids is 2. The number of thiophene rings is 2. The molecule has 0 saturated carbocycles. The Bertz CT molecular complexity index is 1010. The van der Waals surface area contributed by atoms with Crippen LogP contribution >= 0.6 is 22.7 Å². The van der Waals surface area contributed by atoms with Gasteiger partial charge in [0, 0.05) is 22.3 Å². The second-order valence-electron chi connectivity index (χ2n) is 7.98. The zero-order valence-electron chi connectivity index (χ0n) is 18.0. The lowest BCUT2D eigenvalue weighted by atomic mass is 9.93. The average Bonchev–Trinajstić information content (AvgIpc) is 3.48. The molecule has 0 bridgehead atoms. The van der Waals surface area contributed by atoms with Crippen molar-refractivity contribution in [1.82, 2.24) is 9.80 Å². The van der Waals surface area contributed by atoms with Gasteiger partial charge in [0.2, 0.25) is 11.8 Å². The summed E-state index contributed by atoms with van der Waals surface area (Å²) in [7, 11) is 0. The summed E-state index contributed by atoms with van der Waals surface area (Å²) in [5.41, 5.74) is 2.34. The van der Waals surface area contributed by atoms with Crippen molar-refractivity contribution in [3.8, 4) is 0 Å². The molecule has 0 N–H and O–H groups in total. The molecule has 0 radical (unpaired) electrons. The maximum absolute atomic E-state index is 13.6. The van der Waals surface area contributed by atoms with Gasteiger partial charge >= 0.3 is 0 Å². The highest BCUT2D eigenvalue weighted by Gasteiger charge is 2.34. The van der Waals surface area contributed by atoms with Gasteiger partial charge in [0.05, 0.1) is 12.5 Å². The first-order chi connectivity index (χ1) is 15.1. The molecule has 1 aliphatic rings. The first kappa shape index (κ1) is 21.8. The van der Waals surface area contributed by atoms with E-state index in [-0.39, 0.29) is 30.4 Å². The number of benzene rings is 1. The summed E-state index contributed by atoms with van der Waals surface area (Å²) in [6, 6.07) is 16.2. The molecule has 6 heteroatoms. The van der Waals surface area contributed by atoms with Crippen LogP contribution in [-0.2, 0) is 22.4 Å². The highest BCUT2D eigenvalue weighted by Crippen LogP contribution is 2.37. The summed E-state index contributed by atoms with van der Waals surface area (Å²) in [6.45, 7) is 4.90. The fourth-order valence-corrected chi connectivity index (χ4v) is 5.79. The molecule has 2 unspecified atom stereocenters. The van der Waals surface area contributed by atoms with Crippen molar-refractivity contribution in [3.05, 3.63) is 80.2 Å². The minimum atomic E-state index is -0.0881. The van der Waals surface area contributed by atoms with Gasteiger partial charge in [0.1, 0.15) is 6.54 Å². The predicted molar refractivity (Wildman–Crippen MR) is 128 cm³/mol. The minimum absolute atomic E-state index is 0.0190. The van der Waals surface area contributed by atoms with Gasteiger partial charge in [-0.15, -0.1) is 22.7 Å². The highest BCUT2D eigenvalue weighted by atomic mass is 32.1. The Morgan fingerprint density at radius 3 is 2.61 bits per heavy atom. The van der Waals surface area contributed by atoms with Gasteiger partial charge in [-0.1, -0.05) is 43.3 Å². The van der Waals surface area contributed by atoms with Crippen LogP contribution in [0.25, 0.3) is 0 Å². The first-order valence-electron chi connectivity index (χ1n) is 10.8. The minimum Gasteiger partial charge on any atom is -0.330 e. The molecule has 0 fully saturated rings. The van der Waals surface area contributed by atoms with Gasteiger partial charge in [-0.2, -0.15) is 0 Å². The van der Waals surface area contributed by atoms with Crippen molar-refractivity contribution in [1.29, 1.82) is 0 Å². The van der Waals surface area contributed by atoms with Crippen LogP contribution in [-0.4, -0.2) is 40.7 Å². The van der Waals surface area contributed by atoms with E-state index in [1.165, 1.54) is 10.4 Å². The Labute approximate surface area is 192 Å². The molecule has 2 amide bonds. The van der Waals surface area contributed by atoms with E-state index >= 15 is 0 Å². The fourth-order valence-electron chi connectivity index (χ4n) is 4.19. The number of hydrogen-bond acceptors (Lipinski definition) is 4. The highest BCUT2D eigenvalue weighted by molar-refractivity contribution is 7.10. The van der Waals surface area contributed by atoms with Crippen molar-refractivity contribution in [2.24, 2.45) is 0 Å². The summed E-state index contributed by atoms with van der Waals surface area (Å²) >= 11 is 3.35. The van der Waals surface area contributed by atoms with E-state index in [2.05, 4.69) is 30.5 Å². The average molecular weight is 453 g/mol. The summed E-state index contributed by atoms with van der Waals surface area (Å²) in [5, 5.41) is 4.10. The van der Waals surface area contributed by atoms with Gasteiger partial charge in [0.15, 0.2) is 0 Å². The molecule has 0 aliphatic carbocycles. The van der Waals surface area contributed by atoms with Crippen LogP contribution in [0, 0.1) is 0 Å². The molecule has 162 valence electrons. The number of fused-ring (bicyclic) bond motifs is 1. The van der Waals surface area contributed by atoms with Crippen LogP contribution in [0.2, 0.25) is 0 Å². The second-order valence-corrected chi connectivity index (χ2v) is 10.0. The van der Waals surface area contributed by atoms with E-state index < -0.39 is 0 Å². The fraction of sp³-hybridized carbons (Fsp3) is 0.360. The maximum atomic E-state index is 13.6. The van der Waals surface area contributed by atoms with E-state index in [4.69, 9.17) is 0 Å². The number of nitrogens with zero attached hydrogens (tertiary/aromatic N) is 2. The molecule has 3 heterocycles. The molecule has 0 saturated heterocycles. The molecule has 0 spiro atoms. The molecule has 3 aromatic rings. The Morgan fingerprint density at radius 1 is 1.10 bits per heavy atom. The molecule has 4 nitrogen and oxygen atoms in total. The summed E-state index contributed by atoms with van der Waals surface area (Å²) < 4.78 is 0. The molecule has 1 aromatic carbocycles. The third-order valence-electron chi connectivity index (χ3n) is 6.06. The lowest BCUT2D eigenvalue weighted by Crippen LogP contribution is -2.49. The molecular weight excluding hydrogens is 424 g/mol. The van der Waals surface area contributed by atoms with Crippen LogP contribution in [0.4, 0.5) is 0 Å². The zero-order valence-corrected chi connectivity index (χ0v) is 19.6. The topological polar surface area (TPSA) is 40.6 Å². The normalized spacial score (nSPS) is 16.6. The standard InChI is InChI=1S/C25H28N2O2S2/c1-3-18(2)27(23(28)16-20-10-7-14-30-20)17-24(29)26-13-11-22-21(12-15-31-22)25(26)19-8-5-4-6-9-19/h4-10,12,14-15,18,25H,3,11,13,16-17H2,1-2H3. The predicted octanol–water partition coefficient (Wildman–Crippen LogP) is 5.15. The van der Waals surface area contributed by atoms with Gasteiger partial charge in [0.25, 0.3) is 0 Å². The summed E-state index contributed by atoms with van der Waals surface area (Å²) in [4.78, 5) is 32.8. The van der Waals surface area contributed by atoms with Crippen molar-refractivity contribution in [2.45, 2.75) is 45.2 Å². The third kappa shape index (κ3) is 4.75. The number of carbonyl (C=O) groups is 2. The molecule has 4 rings (SSSR count). The lowest BCUT2D eigenvalue weighted by molar-refractivity contribution is -0.143. The Morgan fingerprint density at radius 2 is 1.90 bits per heavy atom. The maximum Gasteiger partial charge on any atom is 0.243 e. The van der Waals surface area contributed by atoms with Crippen molar-refractivity contribution >= 4 is 34.5 Å². The van der Waals surface area contributed by atoms with Crippen LogP contribution < -0.4 is 0 Å². The van der Waals surface area contributed by atoms with E-state index in [9.17, 15) is 9.59 Å². The Kier molecular flexibility index (Phi) is 6.88. The zero-order chi connectivity index (χ0) is 21.8. The smallest absolute Gasteiger partial charge is 0.243 e. The summed E-state index contributed by atoms with van der Waals surface area (Å²) in [5.74, 6) is 0.0418. The van der Waals surface area contributed by atoms with Gasteiger partial charge in [-0.3, -0.25) is 9.59 Å². The molecule has 2 atom stereocenters. The molecular formula is C25H28N2O2S2. The lowest BCUT2D eigenvalue weighted by Gasteiger charge is -2.38. The van der Waals surface area contributed by atoms with E-state index in [0.717, 1.165) is 23.3 Å². The van der Waals surface area contributed by atoms with Crippen molar-refractivity contribution < 1.29 is 9.59 Å². The quantitative estimate of drug-likeness (QED) is 0.497. The first-order valence-corrected chi connectivity index (χ1v) is 12.6. The largest absolute Gasteiger partial charge is 0.330 e. The van der Waals surface area contributed by atoms with Crippen LogP contribution in [0.15, 0.2) is 59.3 Å². The Balaban J connectivity index is 1.58. The van der Waals surface area contributed by atoms with Gasteiger partial charge in [-0.05, 0) is 53.8 Å². The van der Waals surface area contributed by atoms with Crippen LogP contribution in [0.1, 0.15) is 47.2 Å². The third-order valence-corrected chi connectivity index (χ3v) is 7.93. The second kappa shape index (κ2) is 9.79. The van der Waals surface area contributed by atoms with Crippen LogP contribution in [0.5, 0.6) is 0 Å². The van der Waals surface area contributed by atoms with Crippen molar-refractivity contribution in [3.63, 3.8) is 0 Å². The molecule has 31 heavy (non-hydrogen) atoms. The van der Waals surface area contributed by atoms with Crippen molar-refractivity contribution in [2.75, 3.05) is 13.1 Å². The Hall–Kier alpha value is -2.44.